The topological polar surface area (TPSA) is 76.1 Å². The molecule has 0 fully saturated rings. The van der Waals surface area contributed by atoms with Crippen LogP contribution in [-0.2, 0) is 6.54 Å². The third-order valence-corrected chi connectivity index (χ3v) is 3.88. The molecule has 26 heavy (non-hydrogen) atoms. The first-order valence-electron chi connectivity index (χ1n) is 7.89. The molecule has 2 aromatic heterocycles. The largest absolute Gasteiger partial charge is 0.495 e. The van der Waals surface area contributed by atoms with Crippen LogP contribution in [-0.4, -0.2) is 23.1 Å². The fourth-order valence-corrected chi connectivity index (χ4v) is 2.51. The second kappa shape index (κ2) is 8.31. The summed E-state index contributed by atoms with van der Waals surface area (Å²) in [4.78, 5) is 20.6. The van der Waals surface area contributed by atoms with Crippen LogP contribution in [0.25, 0.3) is 11.3 Å². The number of ether oxygens (including phenoxy) is 1. The Balaban J connectivity index is 1.59. The lowest BCUT2D eigenvalue weighted by atomic mass is 10.1. The Bertz CT molecular complexity index is 886. The van der Waals surface area contributed by atoms with Crippen molar-refractivity contribution >= 4 is 23.3 Å². The zero-order chi connectivity index (χ0) is 18.4. The number of hydrogen-bond acceptors (Lipinski definition) is 4. The number of anilines is 1. The maximum atomic E-state index is 12.1. The molecule has 7 heteroatoms. The predicted octanol–water partition coefficient (Wildman–Crippen LogP) is 4.13. The van der Waals surface area contributed by atoms with Crippen LogP contribution in [0.1, 0.15) is 5.56 Å². The van der Waals surface area contributed by atoms with E-state index in [-0.39, 0.29) is 6.03 Å². The van der Waals surface area contributed by atoms with Crippen molar-refractivity contribution in [1.82, 2.24) is 15.3 Å². The van der Waals surface area contributed by atoms with Gasteiger partial charge in [-0.2, -0.15) is 0 Å². The second-order valence-corrected chi connectivity index (χ2v) is 5.88. The van der Waals surface area contributed by atoms with Gasteiger partial charge in [0.15, 0.2) is 0 Å². The number of hydrogen-bond donors (Lipinski definition) is 2. The molecule has 0 bridgehead atoms. The lowest BCUT2D eigenvalue weighted by Crippen LogP contribution is -2.28. The summed E-state index contributed by atoms with van der Waals surface area (Å²) in [7, 11) is 1.53. The maximum Gasteiger partial charge on any atom is 0.319 e. The summed E-state index contributed by atoms with van der Waals surface area (Å²) in [5.74, 6) is 0.534. The smallest absolute Gasteiger partial charge is 0.319 e. The number of rotatable bonds is 5. The van der Waals surface area contributed by atoms with Gasteiger partial charge in [0.2, 0.25) is 0 Å². The fourth-order valence-electron chi connectivity index (χ4n) is 2.34. The second-order valence-electron chi connectivity index (χ2n) is 5.45. The van der Waals surface area contributed by atoms with Crippen molar-refractivity contribution in [3.05, 3.63) is 71.6 Å². The van der Waals surface area contributed by atoms with E-state index in [1.54, 1.807) is 36.8 Å². The highest BCUT2D eigenvalue weighted by Gasteiger charge is 2.08. The van der Waals surface area contributed by atoms with E-state index in [1.165, 1.54) is 7.11 Å². The number of methoxy groups -OCH3 is 1. The summed E-state index contributed by atoms with van der Waals surface area (Å²) in [5, 5.41) is 6.01. The molecule has 0 aliphatic rings. The SMILES string of the molecule is COc1ccc(Cl)cc1NC(=O)NCc1ccc(-c2cccnc2)nc1. The third-order valence-electron chi connectivity index (χ3n) is 3.64. The number of aromatic nitrogens is 2. The molecular weight excluding hydrogens is 352 g/mol. The Morgan fingerprint density at radius 1 is 1.19 bits per heavy atom. The fraction of sp³-hybridized carbons (Fsp3) is 0.105. The van der Waals surface area contributed by atoms with E-state index in [1.807, 2.05) is 24.3 Å². The normalized spacial score (nSPS) is 10.2. The minimum Gasteiger partial charge on any atom is -0.495 e. The van der Waals surface area contributed by atoms with Gasteiger partial charge < -0.3 is 15.4 Å². The van der Waals surface area contributed by atoms with Gasteiger partial charge >= 0.3 is 6.03 Å². The van der Waals surface area contributed by atoms with Gasteiger partial charge in [-0.15, -0.1) is 0 Å². The highest BCUT2D eigenvalue weighted by molar-refractivity contribution is 6.31. The summed E-state index contributed by atoms with van der Waals surface area (Å²) in [5.41, 5.74) is 3.15. The van der Waals surface area contributed by atoms with Gasteiger partial charge in [-0.05, 0) is 42.0 Å². The molecule has 0 atom stereocenters. The molecule has 6 nitrogen and oxygen atoms in total. The number of halogens is 1. The Kier molecular flexibility index (Phi) is 5.66. The zero-order valence-corrected chi connectivity index (χ0v) is 14.8. The van der Waals surface area contributed by atoms with Crippen LogP contribution in [0.15, 0.2) is 61.1 Å². The Morgan fingerprint density at radius 2 is 2.08 bits per heavy atom. The van der Waals surface area contributed by atoms with Crippen LogP contribution >= 0.6 is 11.6 Å². The molecule has 2 heterocycles. The number of carbonyl (C=O) groups excluding carboxylic acids is 1. The summed E-state index contributed by atoms with van der Waals surface area (Å²) in [6.45, 7) is 0.342. The average Bonchev–Trinajstić information content (AvgIpc) is 2.68. The number of benzene rings is 1. The van der Waals surface area contributed by atoms with Gasteiger partial charge in [-0.1, -0.05) is 17.7 Å². The minimum atomic E-state index is -0.359. The van der Waals surface area contributed by atoms with Crippen molar-refractivity contribution in [2.24, 2.45) is 0 Å². The zero-order valence-electron chi connectivity index (χ0n) is 14.1. The lowest BCUT2D eigenvalue weighted by molar-refractivity contribution is 0.251. The first-order valence-corrected chi connectivity index (χ1v) is 8.27. The molecule has 0 saturated carbocycles. The van der Waals surface area contributed by atoms with Crippen LogP contribution in [0.5, 0.6) is 5.75 Å². The highest BCUT2D eigenvalue weighted by Crippen LogP contribution is 2.27. The molecule has 0 aliphatic carbocycles. The summed E-state index contributed by atoms with van der Waals surface area (Å²) in [6.07, 6.45) is 5.20. The van der Waals surface area contributed by atoms with E-state index in [0.29, 0.717) is 23.0 Å². The molecule has 1 aromatic carbocycles. The van der Waals surface area contributed by atoms with Crippen LogP contribution < -0.4 is 15.4 Å². The first kappa shape index (κ1) is 17.7. The lowest BCUT2D eigenvalue weighted by Gasteiger charge is -2.11. The van der Waals surface area contributed by atoms with Gasteiger partial charge in [0.05, 0.1) is 18.5 Å². The van der Waals surface area contributed by atoms with Crippen molar-refractivity contribution in [3.8, 4) is 17.0 Å². The standard InChI is InChI=1S/C19H17ClN4O2/c1-26-18-7-5-15(20)9-17(18)24-19(25)23-11-13-4-6-16(22-10-13)14-3-2-8-21-12-14/h2-10,12H,11H2,1H3,(H2,23,24,25). The van der Waals surface area contributed by atoms with Crippen molar-refractivity contribution in [3.63, 3.8) is 0 Å². The number of carbonyl (C=O) groups is 1. The van der Waals surface area contributed by atoms with Crippen LogP contribution in [0, 0.1) is 0 Å². The number of pyridine rings is 2. The molecule has 132 valence electrons. The quantitative estimate of drug-likeness (QED) is 0.710. The highest BCUT2D eigenvalue weighted by atomic mass is 35.5. The molecule has 0 unspecified atom stereocenters. The maximum absolute atomic E-state index is 12.1. The van der Waals surface area contributed by atoms with Crippen LogP contribution in [0.2, 0.25) is 5.02 Å². The Hall–Kier alpha value is -3.12. The molecule has 3 rings (SSSR count). The van der Waals surface area contributed by atoms with Gasteiger partial charge in [0.1, 0.15) is 5.75 Å². The van der Waals surface area contributed by atoms with E-state index >= 15 is 0 Å². The summed E-state index contributed by atoms with van der Waals surface area (Å²) < 4.78 is 5.20. The van der Waals surface area contributed by atoms with Gasteiger partial charge in [-0.25, -0.2) is 4.79 Å². The monoisotopic (exact) mass is 368 g/mol. The van der Waals surface area contributed by atoms with Gasteiger partial charge in [-0.3, -0.25) is 9.97 Å². The number of nitrogens with one attached hydrogen (secondary N) is 2. The number of amides is 2. The van der Waals surface area contributed by atoms with Crippen molar-refractivity contribution in [2.75, 3.05) is 12.4 Å². The van der Waals surface area contributed by atoms with E-state index in [4.69, 9.17) is 16.3 Å². The molecule has 0 aliphatic heterocycles. The number of urea groups is 1. The summed E-state index contributed by atoms with van der Waals surface area (Å²) >= 11 is 5.96. The Labute approximate surface area is 156 Å². The van der Waals surface area contributed by atoms with Gasteiger partial charge in [0, 0.05) is 35.7 Å². The first-order chi connectivity index (χ1) is 12.7. The third kappa shape index (κ3) is 4.49. The van der Waals surface area contributed by atoms with Crippen molar-refractivity contribution in [1.29, 1.82) is 0 Å². The molecule has 0 saturated heterocycles. The number of nitrogens with zero attached hydrogens (tertiary/aromatic N) is 2. The summed E-state index contributed by atoms with van der Waals surface area (Å²) in [6, 6.07) is 12.3. The van der Waals surface area contributed by atoms with E-state index in [2.05, 4.69) is 20.6 Å². The molecule has 2 N–H and O–H groups in total. The van der Waals surface area contributed by atoms with Crippen molar-refractivity contribution in [2.45, 2.75) is 6.54 Å². The average molecular weight is 369 g/mol. The predicted molar refractivity (Wildman–Crippen MR) is 101 cm³/mol. The molecule has 0 radical (unpaired) electrons. The minimum absolute atomic E-state index is 0.342. The molecular formula is C19H17ClN4O2. The van der Waals surface area contributed by atoms with Gasteiger partial charge in [0.25, 0.3) is 0 Å². The molecule has 3 aromatic rings. The Morgan fingerprint density at radius 3 is 2.77 bits per heavy atom. The van der Waals surface area contributed by atoms with E-state index < -0.39 is 0 Å². The van der Waals surface area contributed by atoms with Crippen molar-refractivity contribution < 1.29 is 9.53 Å². The van der Waals surface area contributed by atoms with E-state index in [0.717, 1.165) is 16.8 Å². The molecule has 2 amide bonds. The van der Waals surface area contributed by atoms with Crippen LogP contribution in [0.3, 0.4) is 0 Å². The molecule has 0 spiro atoms. The van der Waals surface area contributed by atoms with E-state index in [9.17, 15) is 4.79 Å². The van der Waals surface area contributed by atoms with Crippen LogP contribution in [0.4, 0.5) is 10.5 Å².